The maximum absolute atomic E-state index is 10.9. The largest absolute Gasteiger partial charge is 0.364 e. The lowest BCUT2D eigenvalue weighted by molar-refractivity contribution is -0.384. The predicted octanol–water partition coefficient (Wildman–Crippen LogP) is 2.92. The van der Waals surface area contributed by atoms with Crippen LogP contribution < -0.4 is 5.32 Å². The zero-order valence-electron chi connectivity index (χ0n) is 11.1. The first-order chi connectivity index (χ1) is 10.1. The van der Waals surface area contributed by atoms with E-state index in [2.05, 4.69) is 20.3 Å². The molecule has 0 radical (unpaired) electrons. The third-order valence-corrected chi connectivity index (χ3v) is 3.76. The van der Waals surface area contributed by atoms with Crippen LogP contribution in [0.3, 0.4) is 0 Å². The maximum Gasteiger partial charge on any atom is 0.270 e. The number of aryl methyl sites for hydroxylation is 1. The van der Waals surface area contributed by atoms with E-state index < -0.39 is 4.92 Å². The highest BCUT2D eigenvalue weighted by molar-refractivity contribution is 7.09. The molecule has 0 saturated carbocycles. The molecule has 0 saturated heterocycles. The predicted molar refractivity (Wildman–Crippen MR) is 80.4 cm³/mol. The van der Waals surface area contributed by atoms with Gasteiger partial charge in [-0.2, -0.15) is 0 Å². The first-order valence-corrected chi connectivity index (χ1v) is 7.05. The highest BCUT2D eigenvalue weighted by atomic mass is 32.1. The molecule has 0 amide bonds. The number of nitrogens with zero attached hydrogens (tertiary/aromatic N) is 4. The van der Waals surface area contributed by atoms with E-state index in [9.17, 15) is 10.1 Å². The fraction of sp³-hybridized carbons (Fsp3) is 0.154. The van der Waals surface area contributed by atoms with Gasteiger partial charge in [0.2, 0.25) is 0 Å². The van der Waals surface area contributed by atoms with E-state index in [0.717, 1.165) is 10.7 Å². The lowest BCUT2D eigenvalue weighted by Crippen LogP contribution is -2.03. The molecule has 106 valence electrons. The normalized spacial score (nSPS) is 10.7. The molecule has 0 spiro atoms. The van der Waals surface area contributed by atoms with Gasteiger partial charge in [-0.3, -0.25) is 10.1 Å². The molecular weight excluding hydrogens is 290 g/mol. The van der Waals surface area contributed by atoms with Crippen molar-refractivity contribution in [3.05, 3.63) is 50.7 Å². The first kappa shape index (κ1) is 13.4. The summed E-state index contributed by atoms with van der Waals surface area (Å²) in [5.74, 6) is 0.564. The summed E-state index contributed by atoms with van der Waals surface area (Å²) in [6.07, 6.45) is 1.43. The standard InChI is InChI=1S/C13H11N5O2S/c1-8-17-9(6-21-8)5-14-13-11-4-10(18(19)20)2-3-12(11)15-7-16-13/h2-4,6-7H,5H2,1H3,(H,14,15,16). The number of thiazole rings is 1. The smallest absolute Gasteiger partial charge is 0.270 e. The number of hydrogen-bond donors (Lipinski definition) is 1. The third-order valence-electron chi connectivity index (χ3n) is 2.93. The summed E-state index contributed by atoms with van der Waals surface area (Å²) in [6, 6.07) is 4.53. The topological polar surface area (TPSA) is 93.8 Å². The van der Waals surface area contributed by atoms with Crippen LogP contribution >= 0.6 is 11.3 Å². The van der Waals surface area contributed by atoms with Gasteiger partial charge in [-0.1, -0.05) is 0 Å². The van der Waals surface area contributed by atoms with Crippen LogP contribution in [0.25, 0.3) is 10.9 Å². The number of fused-ring (bicyclic) bond motifs is 1. The lowest BCUT2D eigenvalue weighted by Gasteiger charge is -2.06. The molecule has 0 aliphatic heterocycles. The molecule has 0 bridgehead atoms. The Morgan fingerprint density at radius 3 is 2.95 bits per heavy atom. The molecule has 0 aliphatic carbocycles. The van der Waals surface area contributed by atoms with Crippen molar-refractivity contribution in [1.82, 2.24) is 15.0 Å². The zero-order chi connectivity index (χ0) is 14.8. The molecule has 0 unspecified atom stereocenters. The fourth-order valence-corrected chi connectivity index (χ4v) is 2.58. The number of rotatable bonds is 4. The van der Waals surface area contributed by atoms with Gasteiger partial charge in [0.15, 0.2) is 0 Å². The van der Waals surface area contributed by atoms with E-state index in [1.807, 2.05) is 12.3 Å². The van der Waals surface area contributed by atoms with Crippen LogP contribution in [0.2, 0.25) is 0 Å². The van der Waals surface area contributed by atoms with Crippen molar-refractivity contribution in [2.24, 2.45) is 0 Å². The number of benzene rings is 1. The van der Waals surface area contributed by atoms with E-state index in [1.54, 1.807) is 17.4 Å². The summed E-state index contributed by atoms with van der Waals surface area (Å²) >= 11 is 1.58. The van der Waals surface area contributed by atoms with Gasteiger partial charge in [0, 0.05) is 22.9 Å². The van der Waals surface area contributed by atoms with Crippen LogP contribution in [0.15, 0.2) is 29.9 Å². The summed E-state index contributed by atoms with van der Waals surface area (Å²) in [5, 5.41) is 17.6. The molecule has 2 heterocycles. The van der Waals surface area contributed by atoms with Crippen molar-refractivity contribution in [2.75, 3.05) is 5.32 Å². The summed E-state index contributed by atoms with van der Waals surface area (Å²) in [7, 11) is 0. The number of anilines is 1. The minimum atomic E-state index is -0.431. The molecule has 7 nitrogen and oxygen atoms in total. The Bertz CT molecular complexity index is 817. The average Bonchev–Trinajstić information content (AvgIpc) is 2.90. The van der Waals surface area contributed by atoms with E-state index in [0.29, 0.717) is 23.3 Å². The minimum absolute atomic E-state index is 0.0184. The van der Waals surface area contributed by atoms with Gasteiger partial charge >= 0.3 is 0 Å². The Balaban J connectivity index is 1.93. The van der Waals surface area contributed by atoms with E-state index in [1.165, 1.54) is 18.5 Å². The van der Waals surface area contributed by atoms with Crippen LogP contribution in [0.5, 0.6) is 0 Å². The third kappa shape index (κ3) is 2.79. The van der Waals surface area contributed by atoms with Crippen molar-refractivity contribution < 1.29 is 4.92 Å². The monoisotopic (exact) mass is 301 g/mol. The lowest BCUT2D eigenvalue weighted by atomic mass is 10.2. The summed E-state index contributed by atoms with van der Waals surface area (Å²) in [4.78, 5) is 23.1. The molecule has 0 aliphatic rings. The zero-order valence-corrected chi connectivity index (χ0v) is 11.9. The molecule has 1 aromatic carbocycles. The van der Waals surface area contributed by atoms with E-state index >= 15 is 0 Å². The highest BCUT2D eigenvalue weighted by Gasteiger charge is 2.10. The molecular formula is C13H11N5O2S. The average molecular weight is 301 g/mol. The maximum atomic E-state index is 10.9. The quantitative estimate of drug-likeness (QED) is 0.588. The second kappa shape index (κ2) is 5.41. The Morgan fingerprint density at radius 2 is 2.24 bits per heavy atom. The molecule has 3 aromatic rings. The van der Waals surface area contributed by atoms with Crippen LogP contribution in [0, 0.1) is 17.0 Å². The number of aromatic nitrogens is 3. The van der Waals surface area contributed by atoms with Crippen molar-refractivity contribution in [2.45, 2.75) is 13.5 Å². The SMILES string of the molecule is Cc1nc(CNc2ncnc3ccc([N+](=O)[O-])cc23)cs1. The molecule has 1 N–H and O–H groups in total. The Labute approximate surface area is 123 Å². The Morgan fingerprint density at radius 1 is 1.38 bits per heavy atom. The molecule has 21 heavy (non-hydrogen) atoms. The van der Waals surface area contributed by atoms with Crippen molar-refractivity contribution in [1.29, 1.82) is 0 Å². The number of non-ortho nitro benzene ring substituents is 1. The number of hydrogen-bond acceptors (Lipinski definition) is 7. The van der Waals surface area contributed by atoms with Crippen molar-refractivity contribution >= 4 is 33.7 Å². The summed E-state index contributed by atoms with van der Waals surface area (Å²) in [6.45, 7) is 2.46. The van der Waals surface area contributed by atoms with Crippen LogP contribution in [0.4, 0.5) is 11.5 Å². The van der Waals surface area contributed by atoms with Gasteiger partial charge in [0.05, 0.1) is 27.7 Å². The number of nitrogens with one attached hydrogen (secondary N) is 1. The molecule has 0 fully saturated rings. The first-order valence-electron chi connectivity index (χ1n) is 6.17. The van der Waals surface area contributed by atoms with Gasteiger partial charge < -0.3 is 5.32 Å². The molecule has 8 heteroatoms. The van der Waals surface area contributed by atoms with Gasteiger partial charge in [-0.25, -0.2) is 15.0 Å². The second-order valence-electron chi connectivity index (χ2n) is 4.39. The molecule has 3 rings (SSSR count). The molecule has 0 atom stereocenters. The van der Waals surface area contributed by atoms with Crippen molar-refractivity contribution in [3.63, 3.8) is 0 Å². The fourth-order valence-electron chi connectivity index (χ4n) is 1.96. The van der Waals surface area contributed by atoms with Gasteiger partial charge in [0.1, 0.15) is 12.1 Å². The molecule has 2 aromatic heterocycles. The van der Waals surface area contributed by atoms with Gasteiger partial charge in [-0.05, 0) is 13.0 Å². The minimum Gasteiger partial charge on any atom is -0.364 e. The van der Waals surface area contributed by atoms with Crippen LogP contribution in [-0.2, 0) is 6.54 Å². The summed E-state index contributed by atoms with van der Waals surface area (Å²) < 4.78 is 0. The van der Waals surface area contributed by atoms with E-state index in [-0.39, 0.29) is 5.69 Å². The number of nitro benzene ring substituents is 1. The van der Waals surface area contributed by atoms with Crippen LogP contribution in [0.1, 0.15) is 10.7 Å². The Hall–Kier alpha value is -2.61. The van der Waals surface area contributed by atoms with Gasteiger partial charge in [0.25, 0.3) is 5.69 Å². The van der Waals surface area contributed by atoms with Gasteiger partial charge in [-0.15, -0.1) is 11.3 Å². The number of nitro groups is 1. The van der Waals surface area contributed by atoms with Crippen molar-refractivity contribution in [3.8, 4) is 0 Å². The Kier molecular flexibility index (Phi) is 3.44. The summed E-state index contributed by atoms with van der Waals surface area (Å²) in [5.41, 5.74) is 1.59. The van der Waals surface area contributed by atoms with Crippen LogP contribution in [-0.4, -0.2) is 19.9 Å². The van der Waals surface area contributed by atoms with E-state index in [4.69, 9.17) is 0 Å². The second-order valence-corrected chi connectivity index (χ2v) is 5.45. The highest BCUT2D eigenvalue weighted by Crippen LogP contribution is 2.24.